The molecular formula is C11H14O4. The molecule has 0 aromatic heterocycles. The molecule has 1 saturated heterocycles. The highest BCUT2D eigenvalue weighted by Gasteiger charge is 2.35. The van der Waals surface area contributed by atoms with Crippen LogP contribution >= 0.6 is 0 Å². The summed E-state index contributed by atoms with van der Waals surface area (Å²) in [5.41, 5.74) is 0.895. The molecule has 0 aliphatic carbocycles. The van der Waals surface area contributed by atoms with Gasteiger partial charge in [0.2, 0.25) is 0 Å². The van der Waals surface area contributed by atoms with Crippen molar-refractivity contribution in [1.82, 2.24) is 0 Å². The third-order valence-electron chi connectivity index (χ3n) is 2.44. The third kappa shape index (κ3) is 2.18. The van der Waals surface area contributed by atoms with E-state index in [-0.39, 0.29) is 13.2 Å². The molecule has 4 nitrogen and oxygen atoms in total. The highest BCUT2D eigenvalue weighted by molar-refractivity contribution is 5.16. The van der Waals surface area contributed by atoms with Crippen molar-refractivity contribution in [2.45, 2.75) is 18.5 Å². The van der Waals surface area contributed by atoms with Crippen LogP contribution in [-0.2, 0) is 9.47 Å². The maximum absolute atomic E-state index is 9.02. The Kier molecular flexibility index (Phi) is 3.33. The van der Waals surface area contributed by atoms with Gasteiger partial charge in [-0.05, 0) is 0 Å². The van der Waals surface area contributed by atoms with Crippen LogP contribution in [0.25, 0.3) is 0 Å². The molecule has 1 heterocycles. The van der Waals surface area contributed by atoms with Crippen molar-refractivity contribution >= 4 is 0 Å². The van der Waals surface area contributed by atoms with E-state index in [9.17, 15) is 0 Å². The molecule has 2 rings (SSSR count). The summed E-state index contributed by atoms with van der Waals surface area (Å²) in [7, 11) is 0. The summed E-state index contributed by atoms with van der Waals surface area (Å²) >= 11 is 0. The summed E-state index contributed by atoms with van der Waals surface area (Å²) in [4.78, 5) is 0. The lowest BCUT2D eigenvalue weighted by Gasteiger charge is -2.09. The SMILES string of the molecule is OCC1OC(c2ccccc2)O[C@H]1CO. The molecule has 2 unspecified atom stereocenters. The molecular weight excluding hydrogens is 196 g/mol. The van der Waals surface area contributed by atoms with E-state index >= 15 is 0 Å². The second kappa shape index (κ2) is 4.72. The van der Waals surface area contributed by atoms with E-state index in [1.54, 1.807) is 0 Å². The second-order valence-corrected chi connectivity index (χ2v) is 3.46. The molecule has 2 N–H and O–H groups in total. The maximum atomic E-state index is 9.02. The molecule has 1 fully saturated rings. The van der Waals surface area contributed by atoms with Crippen LogP contribution in [0.4, 0.5) is 0 Å². The van der Waals surface area contributed by atoms with Crippen LogP contribution in [-0.4, -0.2) is 35.6 Å². The van der Waals surface area contributed by atoms with Crippen molar-refractivity contribution in [2.24, 2.45) is 0 Å². The van der Waals surface area contributed by atoms with Crippen LogP contribution in [0.5, 0.6) is 0 Å². The van der Waals surface area contributed by atoms with Gasteiger partial charge in [-0.25, -0.2) is 0 Å². The Morgan fingerprint density at radius 1 is 0.933 bits per heavy atom. The number of hydrogen-bond donors (Lipinski definition) is 2. The Morgan fingerprint density at radius 3 is 1.93 bits per heavy atom. The van der Waals surface area contributed by atoms with Gasteiger partial charge in [0.15, 0.2) is 6.29 Å². The van der Waals surface area contributed by atoms with Crippen LogP contribution in [0.15, 0.2) is 30.3 Å². The Hall–Kier alpha value is -0.940. The average Bonchev–Trinajstić information content (AvgIpc) is 2.73. The molecule has 15 heavy (non-hydrogen) atoms. The third-order valence-corrected chi connectivity index (χ3v) is 2.44. The topological polar surface area (TPSA) is 58.9 Å². The van der Waals surface area contributed by atoms with E-state index in [0.29, 0.717) is 0 Å². The lowest BCUT2D eigenvalue weighted by molar-refractivity contribution is -0.0770. The Morgan fingerprint density at radius 2 is 1.47 bits per heavy atom. The molecule has 1 aliphatic rings. The van der Waals surface area contributed by atoms with Crippen LogP contribution in [0.1, 0.15) is 11.9 Å². The zero-order valence-corrected chi connectivity index (χ0v) is 8.24. The molecule has 1 aromatic rings. The maximum Gasteiger partial charge on any atom is 0.184 e. The summed E-state index contributed by atoms with van der Waals surface area (Å²) < 4.78 is 10.9. The predicted molar refractivity (Wildman–Crippen MR) is 53.1 cm³/mol. The largest absolute Gasteiger partial charge is 0.394 e. The first-order chi connectivity index (χ1) is 7.35. The van der Waals surface area contributed by atoms with Crippen LogP contribution in [0, 0.1) is 0 Å². The van der Waals surface area contributed by atoms with E-state index in [1.807, 2.05) is 30.3 Å². The van der Waals surface area contributed by atoms with Gasteiger partial charge in [-0.3, -0.25) is 0 Å². The minimum absolute atomic E-state index is 0.144. The van der Waals surface area contributed by atoms with Gasteiger partial charge in [-0.2, -0.15) is 0 Å². The molecule has 0 amide bonds. The number of benzene rings is 1. The summed E-state index contributed by atoms with van der Waals surface area (Å²) in [5.74, 6) is 0. The molecule has 4 heteroatoms. The molecule has 1 aromatic carbocycles. The van der Waals surface area contributed by atoms with Crippen LogP contribution in [0.3, 0.4) is 0 Å². The Bertz CT molecular complexity index is 289. The highest BCUT2D eigenvalue weighted by atomic mass is 16.7. The number of rotatable bonds is 3. The van der Waals surface area contributed by atoms with Gasteiger partial charge in [0.1, 0.15) is 12.2 Å². The normalized spacial score (nSPS) is 30.7. The fourth-order valence-electron chi connectivity index (χ4n) is 1.61. The lowest BCUT2D eigenvalue weighted by atomic mass is 10.2. The zero-order valence-electron chi connectivity index (χ0n) is 8.24. The quantitative estimate of drug-likeness (QED) is 0.760. The molecule has 0 radical (unpaired) electrons. The lowest BCUT2D eigenvalue weighted by Crippen LogP contribution is -2.29. The summed E-state index contributed by atoms with van der Waals surface area (Å²) in [6.45, 7) is -0.289. The Balaban J connectivity index is 2.08. The van der Waals surface area contributed by atoms with Gasteiger partial charge in [-0.15, -0.1) is 0 Å². The fraction of sp³-hybridized carbons (Fsp3) is 0.455. The second-order valence-electron chi connectivity index (χ2n) is 3.46. The first-order valence-corrected chi connectivity index (χ1v) is 4.92. The van der Waals surface area contributed by atoms with Crippen molar-refractivity contribution in [3.63, 3.8) is 0 Å². The van der Waals surface area contributed by atoms with Crippen LogP contribution in [0.2, 0.25) is 0 Å². The van der Waals surface area contributed by atoms with Gasteiger partial charge >= 0.3 is 0 Å². The monoisotopic (exact) mass is 210 g/mol. The van der Waals surface area contributed by atoms with E-state index in [0.717, 1.165) is 5.56 Å². The summed E-state index contributed by atoms with van der Waals surface area (Å²) in [6.07, 6.45) is -1.37. The first kappa shape index (κ1) is 10.6. The number of aliphatic hydroxyl groups is 2. The molecule has 0 spiro atoms. The van der Waals surface area contributed by atoms with E-state index in [2.05, 4.69) is 0 Å². The van der Waals surface area contributed by atoms with Gasteiger partial charge < -0.3 is 19.7 Å². The predicted octanol–water partition coefficient (Wildman–Crippen LogP) is 0.454. The van der Waals surface area contributed by atoms with Crippen LogP contribution < -0.4 is 0 Å². The molecule has 3 atom stereocenters. The van der Waals surface area contributed by atoms with Crippen molar-refractivity contribution < 1.29 is 19.7 Å². The fourth-order valence-corrected chi connectivity index (χ4v) is 1.61. The molecule has 0 saturated carbocycles. The van der Waals surface area contributed by atoms with Gasteiger partial charge in [0.05, 0.1) is 13.2 Å². The van der Waals surface area contributed by atoms with Crippen molar-refractivity contribution in [3.8, 4) is 0 Å². The Labute approximate surface area is 88.1 Å². The molecule has 1 aliphatic heterocycles. The number of ether oxygens (including phenoxy) is 2. The summed E-state index contributed by atoms with van der Waals surface area (Å²) in [6, 6.07) is 9.47. The standard InChI is InChI=1S/C11H14O4/c12-6-9-10(7-13)15-11(14-9)8-4-2-1-3-5-8/h1-5,9-13H,6-7H2/t9-,10?,11?/m0/s1. The van der Waals surface area contributed by atoms with Gasteiger partial charge in [0, 0.05) is 5.56 Å². The van der Waals surface area contributed by atoms with E-state index < -0.39 is 18.5 Å². The van der Waals surface area contributed by atoms with E-state index in [1.165, 1.54) is 0 Å². The van der Waals surface area contributed by atoms with Gasteiger partial charge in [0.25, 0.3) is 0 Å². The zero-order chi connectivity index (χ0) is 10.7. The first-order valence-electron chi connectivity index (χ1n) is 4.92. The van der Waals surface area contributed by atoms with Crippen molar-refractivity contribution in [3.05, 3.63) is 35.9 Å². The van der Waals surface area contributed by atoms with Gasteiger partial charge in [-0.1, -0.05) is 30.3 Å². The number of hydrogen-bond acceptors (Lipinski definition) is 4. The van der Waals surface area contributed by atoms with Crippen molar-refractivity contribution in [2.75, 3.05) is 13.2 Å². The average molecular weight is 210 g/mol. The highest BCUT2D eigenvalue weighted by Crippen LogP contribution is 2.30. The van der Waals surface area contributed by atoms with E-state index in [4.69, 9.17) is 19.7 Å². The minimum atomic E-state index is -0.486. The summed E-state index contributed by atoms with van der Waals surface area (Å²) in [5, 5.41) is 18.0. The smallest absolute Gasteiger partial charge is 0.184 e. The number of aliphatic hydroxyl groups excluding tert-OH is 2. The molecule has 82 valence electrons. The minimum Gasteiger partial charge on any atom is -0.394 e. The van der Waals surface area contributed by atoms with Crippen molar-refractivity contribution in [1.29, 1.82) is 0 Å². The molecule has 0 bridgehead atoms.